The van der Waals surface area contributed by atoms with Crippen LogP contribution in [0.15, 0.2) is 24.4 Å². The largest absolute Gasteiger partial charge is 0.381 e. The van der Waals surface area contributed by atoms with E-state index in [9.17, 15) is 0 Å². The van der Waals surface area contributed by atoms with Gasteiger partial charge in [0.2, 0.25) is 5.95 Å². The van der Waals surface area contributed by atoms with Gasteiger partial charge in [-0.2, -0.15) is 4.98 Å². The Labute approximate surface area is 193 Å². The van der Waals surface area contributed by atoms with Gasteiger partial charge in [-0.25, -0.2) is 14.5 Å². The van der Waals surface area contributed by atoms with Gasteiger partial charge in [0, 0.05) is 38.0 Å². The monoisotopic (exact) mass is 448 g/mol. The van der Waals surface area contributed by atoms with E-state index in [2.05, 4.69) is 40.1 Å². The molecule has 0 unspecified atom stereocenters. The highest BCUT2D eigenvalue weighted by molar-refractivity contribution is 5.89. The average Bonchev–Trinajstić information content (AvgIpc) is 3.38. The summed E-state index contributed by atoms with van der Waals surface area (Å²) in [4.78, 5) is 14.5. The van der Waals surface area contributed by atoms with E-state index >= 15 is 0 Å². The van der Waals surface area contributed by atoms with Crippen LogP contribution in [0, 0.1) is 6.92 Å². The molecule has 1 fully saturated rings. The quantitative estimate of drug-likeness (QED) is 0.450. The van der Waals surface area contributed by atoms with Gasteiger partial charge in [0.25, 0.3) is 0 Å². The van der Waals surface area contributed by atoms with Crippen molar-refractivity contribution in [2.24, 2.45) is 0 Å². The number of aromatic nitrogens is 6. The lowest BCUT2D eigenvalue weighted by Crippen LogP contribution is -2.30. The lowest BCUT2D eigenvalue weighted by Gasteiger charge is -2.28. The molecular weight excluding hydrogens is 416 g/mol. The van der Waals surface area contributed by atoms with Gasteiger partial charge < -0.3 is 19.9 Å². The summed E-state index contributed by atoms with van der Waals surface area (Å²) in [5.74, 6) is 2.38. The summed E-state index contributed by atoms with van der Waals surface area (Å²) >= 11 is 0. The van der Waals surface area contributed by atoms with E-state index in [0.29, 0.717) is 18.1 Å². The van der Waals surface area contributed by atoms with Crippen molar-refractivity contribution >= 4 is 28.4 Å². The molecule has 1 aliphatic rings. The fourth-order valence-electron chi connectivity index (χ4n) is 4.95. The zero-order valence-corrected chi connectivity index (χ0v) is 20.0. The predicted molar refractivity (Wildman–Crippen MR) is 131 cm³/mol. The number of nitrogens with one attached hydrogen (secondary N) is 2. The summed E-state index contributed by atoms with van der Waals surface area (Å²) in [6.07, 6.45) is 6.56. The van der Waals surface area contributed by atoms with Crippen LogP contribution in [0.5, 0.6) is 0 Å². The minimum absolute atomic E-state index is 0.285. The second kappa shape index (κ2) is 8.62. The normalized spacial score (nSPS) is 19.0. The Morgan fingerprint density at radius 3 is 2.55 bits per heavy atom. The lowest BCUT2D eigenvalue weighted by molar-refractivity contribution is 0.0681. The van der Waals surface area contributed by atoms with Gasteiger partial charge in [-0.1, -0.05) is 0 Å². The van der Waals surface area contributed by atoms with E-state index in [1.54, 1.807) is 7.11 Å². The number of methoxy groups -OCH3 is 1. The van der Waals surface area contributed by atoms with Crippen molar-refractivity contribution in [2.75, 3.05) is 24.8 Å². The summed E-state index contributed by atoms with van der Waals surface area (Å²) in [6, 6.07) is 6.76. The number of rotatable bonds is 6. The molecule has 0 spiro atoms. The van der Waals surface area contributed by atoms with Crippen LogP contribution in [0.3, 0.4) is 0 Å². The van der Waals surface area contributed by atoms with Gasteiger partial charge in [0.15, 0.2) is 11.5 Å². The fourth-order valence-corrected chi connectivity index (χ4v) is 4.95. The molecule has 9 nitrogen and oxygen atoms in total. The maximum absolute atomic E-state index is 5.49. The highest BCUT2D eigenvalue weighted by Crippen LogP contribution is 2.31. The number of imidazole rings is 1. The third-order valence-corrected chi connectivity index (χ3v) is 6.59. The first-order valence-corrected chi connectivity index (χ1v) is 11.7. The predicted octanol–water partition coefficient (Wildman–Crippen LogP) is 4.44. The molecule has 174 valence electrons. The summed E-state index contributed by atoms with van der Waals surface area (Å²) in [5, 5.41) is 11.5. The van der Waals surface area contributed by atoms with Crippen LogP contribution in [-0.4, -0.2) is 55.4 Å². The van der Waals surface area contributed by atoms with Crippen LogP contribution in [0.4, 0.5) is 11.8 Å². The summed E-state index contributed by atoms with van der Waals surface area (Å²) in [5.41, 5.74) is 4.59. The molecule has 0 saturated heterocycles. The topological polar surface area (TPSA) is 94.2 Å². The van der Waals surface area contributed by atoms with E-state index in [-0.39, 0.29) is 6.04 Å². The van der Waals surface area contributed by atoms with E-state index < -0.39 is 0 Å². The molecule has 9 heteroatoms. The zero-order valence-electron chi connectivity index (χ0n) is 20.0. The SMILES string of the molecule is CNc1nc(NC2CCC(OC)CC2)nn2ccc(-c3ccc4nc(C)n(C(C)C)c4n3)c12. The van der Waals surface area contributed by atoms with Crippen LogP contribution in [0.2, 0.25) is 0 Å². The molecular formula is C24H32N8O. The van der Waals surface area contributed by atoms with Crippen molar-refractivity contribution in [3.8, 4) is 11.3 Å². The minimum atomic E-state index is 0.285. The Morgan fingerprint density at radius 2 is 1.85 bits per heavy atom. The molecule has 0 bridgehead atoms. The molecule has 4 aromatic rings. The van der Waals surface area contributed by atoms with Crippen molar-refractivity contribution < 1.29 is 4.74 Å². The summed E-state index contributed by atoms with van der Waals surface area (Å²) < 4.78 is 9.55. The number of fused-ring (bicyclic) bond motifs is 2. The first-order valence-electron chi connectivity index (χ1n) is 11.7. The molecule has 5 rings (SSSR count). The Hall–Kier alpha value is -3.20. The van der Waals surface area contributed by atoms with Crippen molar-refractivity contribution in [1.82, 2.24) is 29.1 Å². The third-order valence-electron chi connectivity index (χ3n) is 6.59. The summed E-state index contributed by atoms with van der Waals surface area (Å²) in [7, 11) is 3.68. The van der Waals surface area contributed by atoms with Gasteiger partial charge in [-0.3, -0.25) is 0 Å². The number of hydrogen-bond acceptors (Lipinski definition) is 7. The molecule has 33 heavy (non-hydrogen) atoms. The number of hydrogen-bond donors (Lipinski definition) is 2. The Balaban J connectivity index is 1.51. The molecule has 0 aromatic carbocycles. The van der Waals surface area contributed by atoms with Gasteiger partial charge in [-0.15, -0.1) is 5.10 Å². The average molecular weight is 449 g/mol. The highest BCUT2D eigenvalue weighted by atomic mass is 16.5. The second-order valence-electron chi connectivity index (χ2n) is 9.07. The molecule has 2 N–H and O–H groups in total. The first-order chi connectivity index (χ1) is 16.0. The molecule has 1 saturated carbocycles. The Kier molecular flexibility index (Phi) is 5.65. The lowest BCUT2D eigenvalue weighted by atomic mass is 9.93. The highest BCUT2D eigenvalue weighted by Gasteiger charge is 2.23. The van der Waals surface area contributed by atoms with Crippen LogP contribution in [0.25, 0.3) is 27.9 Å². The van der Waals surface area contributed by atoms with Gasteiger partial charge in [-0.05, 0) is 64.7 Å². The maximum atomic E-state index is 5.49. The van der Waals surface area contributed by atoms with Gasteiger partial charge >= 0.3 is 0 Å². The smallest absolute Gasteiger partial charge is 0.243 e. The minimum Gasteiger partial charge on any atom is -0.381 e. The van der Waals surface area contributed by atoms with Crippen LogP contribution in [0.1, 0.15) is 51.4 Å². The number of nitrogens with zero attached hydrogens (tertiary/aromatic N) is 6. The molecule has 4 heterocycles. The Bertz CT molecular complexity index is 1280. The molecule has 0 atom stereocenters. The zero-order chi connectivity index (χ0) is 23.1. The van der Waals surface area contributed by atoms with Crippen LogP contribution >= 0.6 is 0 Å². The molecule has 0 aliphatic heterocycles. The fraction of sp³-hybridized carbons (Fsp3) is 0.500. The van der Waals surface area contributed by atoms with Gasteiger partial charge in [0.05, 0.1) is 11.8 Å². The van der Waals surface area contributed by atoms with Gasteiger partial charge in [0.1, 0.15) is 16.9 Å². The van der Waals surface area contributed by atoms with E-state index in [0.717, 1.165) is 65.3 Å². The molecule has 1 aliphatic carbocycles. The molecule has 4 aromatic heterocycles. The van der Waals surface area contributed by atoms with Crippen molar-refractivity contribution in [1.29, 1.82) is 0 Å². The third kappa shape index (κ3) is 3.90. The van der Waals surface area contributed by atoms with E-state index in [1.807, 2.05) is 36.8 Å². The Morgan fingerprint density at radius 1 is 1.06 bits per heavy atom. The number of aryl methyl sites for hydroxylation is 1. The number of anilines is 2. The summed E-state index contributed by atoms with van der Waals surface area (Å²) in [6.45, 7) is 6.33. The van der Waals surface area contributed by atoms with Crippen molar-refractivity contribution in [3.63, 3.8) is 0 Å². The molecule has 0 radical (unpaired) electrons. The number of pyridine rings is 1. The molecule has 0 amide bonds. The second-order valence-corrected chi connectivity index (χ2v) is 9.07. The number of ether oxygens (including phenoxy) is 1. The van der Waals surface area contributed by atoms with E-state index in [4.69, 9.17) is 19.8 Å². The first kappa shape index (κ1) is 21.6. The van der Waals surface area contributed by atoms with E-state index in [1.165, 1.54) is 0 Å². The maximum Gasteiger partial charge on any atom is 0.243 e. The van der Waals surface area contributed by atoms with Crippen LogP contribution in [-0.2, 0) is 4.74 Å². The standard InChI is InChI=1S/C24H32N8O/c1-14(2)32-15(3)26-20-11-10-19(28-23(20)32)18-12-13-31-21(18)22(25-4)29-24(30-31)27-16-6-8-17(33-5)9-7-16/h10-14,16-17H,6-9H2,1-5H3,(H2,25,27,29,30). The van der Waals surface area contributed by atoms with Crippen molar-refractivity contribution in [2.45, 2.75) is 64.6 Å². The van der Waals surface area contributed by atoms with Crippen molar-refractivity contribution in [3.05, 3.63) is 30.2 Å². The van der Waals surface area contributed by atoms with Crippen LogP contribution < -0.4 is 10.6 Å².